The van der Waals surface area contributed by atoms with Gasteiger partial charge in [-0.2, -0.15) is 0 Å². The average molecular weight is 425 g/mol. The van der Waals surface area contributed by atoms with Gasteiger partial charge in [-0.25, -0.2) is 0 Å². The van der Waals surface area contributed by atoms with Crippen molar-refractivity contribution in [3.05, 3.63) is 0 Å². The first kappa shape index (κ1) is 29.6. The van der Waals surface area contributed by atoms with E-state index in [1.807, 2.05) is 0 Å². The van der Waals surface area contributed by atoms with Crippen LogP contribution in [0.5, 0.6) is 0 Å². The third-order valence-corrected chi connectivity index (χ3v) is 6.42. The van der Waals surface area contributed by atoms with Crippen LogP contribution < -0.4 is 0 Å². The van der Waals surface area contributed by atoms with Crippen LogP contribution in [-0.2, 0) is 4.79 Å². The van der Waals surface area contributed by atoms with Crippen LogP contribution >= 0.6 is 0 Å². The molecule has 2 heteroatoms. The van der Waals surface area contributed by atoms with Crippen molar-refractivity contribution < 1.29 is 9.90 Å². The van der Waals surface area contributed by atoms with Gasteiger partial charge in [-0.05, 0) is 19.3 Å². The molecule has 0 atom stereocenters. The number of ketones is 1. The van der Waals surface area contributed by atoms with E-state index in [2.05, 4.69) is 6.92 Å². The molecule has 0 spiro atoms. The first-order chi connectivity index (χ1) is 14.8. The molecule has 0 aliphatic rings. The lowest BCUT2D eigenvalue weighted by Gasteiger charge is -2.04. The highest BCUT2D eigenvalue weighted by molar-refractivity contribution is 5.78. The number of hydrogen-bond donors (Lipinski definition) is 1. The maximum atomic E-state index is 12.0. The SMILES string of the molecule is CCCCCCCCCCCCCCCCC(=O)CCCCCCCCCCCO. The Bertz CT molecular complexity index is 327. The van der Waals surface area contributed by atoms with Crippen LogP contribution in [0.15, 0.2) is 0 Å². The molecule has 0 aliphatic carbocycles. The van der Waals surface area contributed by atoms with E-state index >= 15 is 0 Å². The molecule has 0 aromatic carbocycles. The fourth-order valence-electron chi connectivity index (χ4n) is 4.31. The van der Waals surface area contributed by atoms with E-state index < -0.39 is 0 Å². The minimum atomic E-state index is 0.341. The number of Topliss-reactive ketones (excluding diaryl/α,β-unsaturated/α-hetero) is 1. The van der Waals surface area contributed by atoms with Gasteiger partial charge in [-0.1, -0.05) is 135 Å². The minimum absolute atomic E-state index is 0.341. The molecule has 0 amide bonds. The lowest BCUT2D eigenvalue weighted by molar-refractivity contribution is -0.119. The van der Waals surface area contributed by atoms with Crippen molar-refractivity contribution in [3.8, 4) is 0 Å². The van der Waals surface area contributed by atoms with Gasteiger partial charge in [0.15, 0.2) is 0 Å². The summed E-state index contributed by atoms with van der Waals surface area (Å²) >= 11 is 0. The standard InChI is InChI=1S/C28H56O2/c1-2-3-4-5-6-7-8-9-10-11-13-16-19-22-25-28(30)26-23-20-17-14-12-15-18-21-24-27-29/h29H,2-27H2,1H3. The summed E-state index contributed by atoms with van der Waals surface area (Å²) in [5, 5.41) is 8.74. The number of rotatable bonds is 26. The Morgan fingerprint density at radius 1 is 0.433 bits per heavy atom. The Hall–Kier alpha value is -0.370. The molecule has 0 saturated carbocycles. The summed E-state index contributed by atoms with van der Waals surface area (Å²) in [6.45, 7) is 2.62. The van der Waals surface area contributed by atoms with Crippen molar-refractivity contribution in [2.45, 2.75) is 167 Å². The third kappa shape index (κ3) is 25.7. The number of aliphatic hydroxyl groups excluding tert-OH is 1. The quantitative estimate of drug-likeness (QED) is 0.140. The summed E-state index contributed by atoms with van der Waals surface area (Å²) in [7, 11) is 0. The number of carbonyl (C=O) groups excluding carboxylic acids is 1. The van der Waals surface area contributed by atoms with Crippen LogP contribution in [0.1, 0.15) is 167 Å². The van der Waals surface area contributed by atoms with Crippen molar-refractivity contribution in [1.29, 1.82) is 0 Å². The third-order valence-electron chi connectivity index (χ3n) is 6.42. The van der Waals surface area contributed by atoms with Gasteiger partial charge in [0.05, 0.1) is 0 Å². The molecule has 1 N–H and O–H groups in total. The van der Waals surface area contributed by atoms with E-state index in [1.54, 1.807) is 0 Å². The van der Waals surface area contributed by atoms with Gasteiger partial charge < -0.3 is 5.11 Å². The molecule has 0 fully saturated rings. The minimum Gasteiger partial charge on any atom is -0.396 e. The summed E-state index contributed by atoms with van der Waals surface area (Å²) in [6.07, 6.45) is 31.8. The first-order valence-electron chi connectivity index (χ1n) is 13.9. The summed E-state index contributed by atoms with van der Waals surface area (Å²) in [6, 6.07) is 0. The predicted octanol–water partition coefficient (Wildman–Crippen LogP) is 9.32. The second kappa shape index (κ2) is 26.7. The Morgan fingerprint density at radius 2 is 0.700 bits per heavy atom. The number of aliphatic hydroxyl groups is 1. The van der Waals surface area contributed by atoms with Gasteiger partial charge in [0.1, 0.15) is 5.78 Å². The molecule has 0 aromatic heterocycles. The highest BCUT2D eigenvalue weighted by Gasteiger charge is 2.02. The van der Waals surface area contributed by atoms with Crippen LogP contribution in [0.4, 0.5) is 0 Å². The normalized spacial score (nSPS) is 11.3. The Morgan fingerprint density at radius 3 is 1.00 bits per heavy atom. The van der Waals surface area contributed by atoms with Crippen LogP contribution in [0.2, 0.25) is 0 Å². The van der Waals surface area contributed by atoms with E-state index in [4.69, 9.17) is 5.11 Å². The van der Waals surface area contributed by atoms with Gasteiger partial charge in [0.2, 0.25) is 0 Å². The largest absolute Gasteiger partial charge is 0.396 e. The molecule has 0 heterocycles. The molecule has 0 aromatic rings. The molecule has 2 nitrogen and oxygen atoms in total. The molecule has 0 radical (unpaired) electrons. The molecular weight excluding hydrogens is 368 g/mol. The maximum Gasteiger partial charge on any atom is 0.132 e. The summed E-state index contributed by atoms with van der Waals surface area (Å²) in [5.41, 5.74) is 0. The Labute approximate surface area is 190 Å². The molecule has 30 heavy (non-hydrogen) atoms. The number of hydrogen-bond acceptors (Lipinski definition) is 2. The van der Waals surface area contributed by atoms with E-state index in [-0.39, 0.29) is 0 Å². The molecule has 0 bridgehead atoms. The lowest BCUT2D eigenvalue weighted by Crippen LogP contribution is -1.97. The van der Waals surface area contributed by atoms with Crippen molar-refractivity contribution in [2.75, 3.05) is 6.61 Å². The zero-order valence-electron chi connectivity index (χ0n) is 20.7. The van der Waals surface area contributed by atoms with Gasteiger partial charge in [0, 0.05) is 19.4 Å². The second-order valence-corrected chi connectivity index (χ2v) is 9.54. The zero-order chi connectivity index (χ0) is 22.0. The van der Waals surface area contributed by atoms with Crippen LogP contribution in [0.25, 0.3) is 0 Å². The molecule has 180 valence electrons. The smallest absolute Gasteiger partial charge is 0.132 e. The van der Waals surface area contributed by atoms with E-state index in [9.17, 15) is 4.79 Å². The van der Waals surface area contributed by atoms with Crippen molar-refractivity contribution in [3.63, 3.8) is 0 Å². The average Bonchev–Trinajstić information content (AvgIpc) is 2.75. The van der Waals surface area contributed by atoms with E-state index in [0.29, 0.717) is 12.4 Å². The number of carbonyl (C=O) groups is 1. The first-order valence-corrected chi connectivity index (χ1v) is 13.9. The van der Waals surface area contributed by atoms with Crippen LogP contribution in [-0.4, -0.2) is 17.5 Å². The molecule has 0 rings (SSSR count). The lowest BCUT2D eigenvalue weighted by atomic mass is 10.0. The zero-order valence-corrected chi connectivity index (χ0v) is 20.7. The second-order valence-electron chi connectivity index (χ2n) is 9.54. The van der Waals surface area contributed by atoms with Crippen molar-refractivity contribution >= 4 is 5.78 Å². The van der Waals surface area contributed by atoms with Crippen molar-refractivity contribution in [1.82, 2.24) is 0 Å². The predicted molar refractivity (Wildman–Crippen MR) is 133 cm³/mol. The Kier molecular flexibility index (Phi) is 26.3. The fourth-order valence-corrected chi connectivity index (χ4v) is 4.31. The summed E-state index contributed by atoms with van der Waals surface area (Å²) in [4.78, 5) is 12.0. The van der Waals surface area contributed by atoms with Gasteiger partial charge >= 0.3 is 0 Å². The van der Waals surface area contributed by atoms with Crippen LogP contribution in [0.3, 0.4) is 0 Å². The Balaban J connectivity index is 3.13. The van der Waals surface area contributed by atoms with Crippen LogP contribution in [0, 0.1) is 0 Å². The molecule has 0 unspecified atom stereocenters. The number of unbranched alkanes of at least 4 members (excludes halogenated alkanes) is 21. The summed E-state index contributed by atoms with van der Waals surface area (Å²) in [5.74, 6) is 0.498. The van der Waals surface area contributed by atoms with Crippen molar-refractivity contribution in [2.24, 2.45) is 0 Å². The highest BCUT2D eigenvalue weighted by Crippen LogP contribution is 2.15. The molecular formula is C28H56O2. The fraction of sp³-hybridized carbons (Fsp3) is 0.964. The van der Waals surface area contributed by atoms with Gasteiger partial charge in [0.25, 0.3) is 0 Å². The summed E-state index contributed by atoms with van der Waals surface area (Å²) < 4.78 is 0. The van der Waals surface area contributed by atoms with Gasteiger partial charge in [-0.15, -0.1) is 0 Å². The van der Waals surface area contributed by atoms with Gasteiger partial charge in [-0.3, -0.25) is 4.79 Å². The highest BCUT2D eigenvalue weighted by atomic mass is 16.2. The monoisotopic (exact) mass is 424 g/mol. The topological polar surface area (TPSA) is 37.3 Å². The van der Waals surface area contributed by atoms with E-state index in [1.165, 1.54) is 128 Å². The maximum absolute atomic E-state index is 12.0. The van der Waals surface area contributed by atoms with E-state index in [0.717, 1.165) is 32.1 Å². The molecule has 0 aliphatic heterocycles. The molecule has 0 saturated heterocycles.